The van der Waals surface area contributed by atoms with E-state index in [4.69, 9.17) is 4.89 Å². The summed E-state index contributed by atoms with van der Waals surface area (Å²) in [5, 5.41) is 0. The first-order valence-corrected chi connectivity index (χ1v) is 4.43. The molecule has 69 valence electrons. The van der Waals surface area contributed by atoms with Gasteiger partial charge in [-0.2, -0.15) is 0 Å². The van der Waals surface area contributed by atoms with Crippen molar-refractivity contribution in [2.24, 2.45) is 0 Å². The van der Waals surface area contributed by atoms with Crippen LogP contribution in [0, 0.1) is 0 Å². The zero-order chi connectivity index (χ0) is 7.71. The summed E-state index contributed by atoms with van der Waals surface area (Å²) in [4.78, 5) is 35.7. The van der Waals surface area contributed by atoms with Gasteiger partial charge in [0, 0.05) is 0 Å². The van der Waals surface area contributed by atoms with Gasteiger partial charge in [0.15, 0.2) is 0 Å². The normalized spacial score (nSPS) is 14.3. The van der Waals surface area contributed by atoms with Crippen LogP contribution in [-0.2, 0) is 30.5 Å². The third-order valence-corrected chi connectivity index (χ3v) is 1.83. The van der Waals surface area contributed by atoms with E-state index in [1.54, 1.807) is 0 Å². The summed E-state index contributed by atoms with van der Waals surface area (Å²) in [6.07, 6.45) is 0. The largest absolute Gasteiger partial charge is 3.00 e. The molecule has 1 N–H and O–H groups in total. The molecule has 1 atom stereocenters. The summed E-state index contributed by atoms with van der Waals surface area (Å²) in [7, 11) is -11.0. The minimum absolute atomic E-state index is 0. The van der Waals surface area contributed by atoms with Crippen molar-refractivity contribution in [3.63, 3.8) is 0 Å². The molecule has 1 unspecified atom stereocenters. The molecule has 0 aliphatic rings. The monoisotopic (exact) mass is 273 g/mol. The van der Waals surface area contributed by atoms with Crippen LogP contribution in [0.15, 0.2) is 0 Å². The van der Waals surface area contributed by atoms with Crippen molar-refractivity contribution < 1.29 is 84.3 Å². The van der Waals surface area contributed by atoms with Gasteiger partial charge >= 0.3 is 46.6 Å². The van der Waals surface area contributed by atoms with E-state index in [0.717, 1.165) is 0 Å². The molecule has 0 fully saturated rings. The maximum atomic E-state index is 9.44. The van der Waals surface area contributed by atoms with Crippen LogP contribution in [0.25, 0.3) is 0 Å². The van der Waals surface area contributed by atoms with Crippen molar-refractivity contribution in [3.05, 3.63) is 0 Å². The molecule has 0 spiro atoms. The van der Waals surface area contributed by atoms with Crippen LogP contribution in [0.2, 0.25) is 0 Å². The second kappa shape index (κ2) is 8.05. The number of halogens is 1. The van der Waals surface area contributed by atoms with Crippen molar-refractivity contribution >= 4 is 15.6 Å². The number of rotatable bonds is 2. The third-order valence-electron chi connectivity index (χ3n) is 0.203. The minimum Gasteiger partial charge on any atom is -1.00 e. The number of phosphoric acid groups is 2. The SMILES string of the molecule is O=P([O-])([O-])OP(=O)([O-])O.[F-].[Fe+3].[Na+]. The molecule has 0 saturated heterocycles. The number of hydrogen-bond acceptors (Lipinski definition) is 6. The molecule has 0 aliphatic heterocycles. The van der Waals surface area contributed by atoms with E-state index >= 15 is 0 Å². The summed E-state index contributed by atoms with van der Waals surface area (Å²) < 4.78 is 21.4. The molecule has 0 aliphatic carbocycles. The second-order valence-electron chi connectivity index (χ2n) is 0.997. The Morgan fingerprint density at radius 2 is 1.42 bits per heavy atom. The first-order chi connectivity index (χ1) is 3.71. The van der Waals surface area contributed by atoms with Crippen LogP contribution in [0.1, 0.15) is 0 Å². The molecule has 12 heavy (non-hydrogen) atoms. The van der Waals surface area contributed by atoms with E-state index in [2.05, 4.69) is 4.31 Å². The predicted octanol–water partition coefficient (Wildman–Crippen LogP) is -8.70. The average molecular weight is 273 g/mol. The van der Waals surface area contributed by atoms with Crippen LogP contribution < -0.4 is 48.9 Å². The standard InChI is InChI=1S/FH.Fe.Na.H4O7P2/c;;;1-8(2,3)7-9(4,5)6/h1H;;;(H2,1,2,3)(H2,4,5,6)/q;+3;+1;/p-4. The van der Waals surface area contributed by atoms with E-state index in [1.165, 1.54) is 0 Å². The molecular weight excluding hydrogens is 272 g/mol. The van der Waals surface area contributed by atoms with Gasteiger partial charge in [0.1, 0.15) is 0 Å². The van der Waals surface area contributed by atoms with Gasteiger partial charge in [-0.1, -0.05) is 0 Å². The van der Waals surface area contributed by atoms with E-state index in [0.29, 0.717) is 0 Å². The Kier molecular flexibility index (Phi) is 15.8. The van der Waals surface area contributed by atoms with E-state index in [9.17, 15) is 23.8 Å². The zero-order valence-corrected chi connectivity index (χ0v) is 10.4. The smallest absolute Gasteiger partial charge is 1.00 e. The molecule has 0 bridgehead atoms. The molecule has 7 nitrogen and oxygen atoms in total. The molecule has 1 radical (unpaired) electrons. The Bertz CT molecular complexity index is 162. The fourth-order valence-corrected chi connectivity index (χ4v) is 1.14. The Hall–Kier alpha value is 1.71. The van der Waals surface area contributed by atoms with Crippen molar-refractivity contribution in [2.75, 3.05) is 0 Å². The van der Waals surface area contributed by atoms with Gasteiger partial charge in [-0.15, -0.1) is 0 Å². The Labute approximate surface area is 99.5 Å². The topological polar surface area (TPSA) is 133 Å². The van der Waals surface area contributed by atoms with E-state index in [1.807, 2.05) is 0 Å². The fourth-order valence-electron chi connectivity index (χ4n) is 0.126. The molecule has 0 aromatic carbocycles. The van der Waals surface area contributed by atoms with E-state index in [-0.39, 0.29) is 51.3 Å². The molecule has 0 amide bonds. The van der Waals surface area contributed by atoms with Crippen LogP contribution in [0.5, 0.6) is 0 Å². The van der Waals surface area contributed by atoms with Crippen molar-refractivity contribution in [3.8, 4) is 0 Å². The first-order valence-electron chi connectivity index (χ1n) is 1.48. The van der Waals surface area contributed by atoms with Gasteiger partial charge in [-0.25, -0.2) is 0 Å². The Morgan fingerprint density at radius 1 is 1.17 bits per heavy atom. The van der Waals surface area contributed by atoms with Crippen molar-refractivity contribution in [2.45, 2.75) is 0 Å². The van der Waals surface area contributed by atoms with Gasteiger partial charge in [0.25, 0.3) is 7.82 Å². The molecule has 0 aromatic rings. The molecule has 0 heterocycles. The Balaban J connectivity index is -0.000000107. The van der Waals surface area contributed by atoms with Gasteiger partial charge in [0.2, 0.25) is 0 Å². The van der Waals surface area contributed by atoms with Gasteiger partial charge in [0.05, 0.1) is 7.82 Å². The maximum absolute atomic E-state index is 9.44. The van der Waals surface area contributed by atoms with Crippen LogP contribution in [-0.4, -0.2) is 4.89 Å². The zero-order valence-electron chi connectivity index (χ0n) is 5.52. The van der Waals surface area contributed by atoms with Crippen LogP contribution in [0.3, 0.4) is 0 Å². The second-order valence-corrected chi connectivity index (χ2v) is 3.48. The molecule has 0 aromatic heterocycles. The predicted molar refractivity (Wildman–Crippen MR) is 18.5 cm³/mol. The van der Waals surface area contributed by atoms with Crippen LogP contribution in [0.4, 0.5) is 0 Å². The average Bonchev–Trinajstić information content (AvgIpc) is 1.14. The Morgan fingerprint density at radius 3 is 1.42 bits per heavy atom. The van der Waals surface area contributed by atoms with Crippen molar-refractivity contribution in [1.29, 1.82) is 0 Å². The molecule has 0 rings (SSSR count). The van der Waals surface area contributed by atoms with Crippen LogP contribution >= 0.6 is 15.6 Å². The third kappa shape index (κ3) is 22.6. The van der Waals surface area contributed by atoms with Gasteiger partial charge in [-0.05, 0) is 0 Å². The maximum Gasteiger partial charge on any atom is 3.00 e. The first kappa shape index (κ1) is 23.5. The van der Waals surface area contributed by atoms with E-state index < -0.39 is 15.6 Å². The summed E-state index contributed by atoms with van der Waals surface area (Å²) in [5.41, 5.74) is 0. The quantitative estimate of drug-likeness (QED) is 0.390. The molecular formula is HFFeNaO7P2. The van der Waals surface area contributed by atoms with Gasteiger partial charge < -0.3 is 28.8 Å². The summed E-state index contributed by atoms with van der Waals surface area (Å²) >= 11 is 0. The van der Waals surface area contributed by atoms with Gasteiger partial charge in [-0.3, -0.25) is 8.88 Å². The molecule has 12 heteroatoms. The fraction of sp³-hybridized carbons (Fsp3) is 0. The summed E-state index contributed by atoms with van der Waals surface area (Å²) in [6, 6.07) is 0. The summed E-state index contributed by atoms with van der Waals surface area (Å²) in [6.45, 7) is 0. The number of hydrogen-bond donors (Lipinski definition) is 1. The minimum atomic E-state index is -5.61. The van der Waals surface area contributed by atoms with Crippen molar-refractivity contribution in [1.82, 2.24) is 0 Å². The summed E-state index contributed by atoms with van der Waals surface area (Å²) in [5.74, 6) is 0. The molecule has 0 saturated carbocycles.